The number of nitrogens with one attached hydrogen (secondary N) is 1. The molecule has 1 aromatic rings. The van der Waals surface area contributed by atoms with Crippen LogP contribution in [0.25, 0.3) is 0 Å². The largest absolute Gasteiger partial charge is 0.337 e. The van der Waals surface area contributed by atoms with E-state index in [0.717, 1.165) is 58.3 Å². The average Bonchev–Trinajstić information content (AvgIpc) is 2.92. The van der Waals surface area contributed by atoms with Gasteiger partial charge in [0.05, 0.1) is 11.3 Å². The molecular formula is C23H36Cl2N4O2. The molecule has 174 valence electrons. The van der Waals surface area contributed by atoms with Crippen LogP contribution in [-0.2, 0) is 4.79 Å². The Labute approximate surface area is 198 Å². The zero-order valence-corrected chi connectivity index (χ0v) is 19.9. The number of benzene rings is 1. The molecule has 6 nitrogen and oxygen atoms in total. The third-order valence-corrected chi connectivity index (χ3v) is 7.21. The lowest BCUT2D eigenvalue weighted by atomic mass is 9.65. The molecule has 1 aliphatic heterocycles. The van der Waals surface area contributed by atoms with Gasteiger partial charge in [-0.2, -0.15) is 0 Å². The maximum Gasteiger partial charge on any atom is 0.256 e. The molecule has 2 saturated carbocycles. The quantitative estimate of drug-likeness (QED) is 0.709. The van der Waals surface area contributed by atoms with Crippen LogP contribution in [0.1, 0.15) is 48.9 Å². The molecular weight excluding hydrogens is 435 g/mol. The summed E-state index contributed by atoms with van der Waals surface area (Å²) >= 11 is 0. The van der Waals surface area contributed by atoms with Crippen molar-refractivity contribution in [2.24, 2.45) is 23.5 Å². The molecule has 8 heteroatoms. The Bertz CT molecular complexity index is 749. The molecule has 1 saturated heterocycles. The normalized spacial score (nSPS) is 28.5. The zero-order chi connectivity index (χ0) is 20.4. The lowest BCUT2D eigenvalue weighted by molar-refractivity contribution is -0.122. The minimum Gasteiger partial charge on any atom is -0.337 e. The number of hydrogen-bond donors (Lipinski definition) is 2. The topological polar surface area (TPSA) is 78.7 Å². The SMILES string of the molecule is CN1CCCN(C(=O)c2ccccc2NC(=O)C2CC3CCCC(C2)C3N)CC1.Cl.Cl. The molecule has 1 heterocycles. The van der Waals surface area contributed by atoms with E-state index < -0.39 is 0 Å². The van der Waals surface area contributed by atoms with E-state index in [1.165, 1.54) is 6.42 Å². The van der Waals surface area contributed by atoms with E-state index in [-0.39, 0.29) is 48.6 Å². The Kier molecular flexibility index (Phi) is 9.62. The molecule has 2 amide bonds. The number of likely N-dealkylation sites (N-methyl/N-ethyl adjacent to an activating group) is 1. The molecule has 2 atom stereocenters. The van der Waals surface area contributed by atoms with Crippen LogP contribution >= 0.6 is 24.8 Å². The molecule has 0 radical (unpaired) electrons. The first-order chi connectivity index (χ1) is 14.0. The molecule has 3 N–H and O–H groups in total. The number of carbonyl (C=O) groups is 2. The first kappa shape index (κ1) is 25.9. The van der Waals surface area contributed by atoms with E-state index in [9.17, 15) is 9.59 Å². The van der Waals surface area contributed by atoms with E-state index in [1.54, 1.807) is 0 Å². The molecule has 31 heavy (non-hydrogen) atoms. The van der Waals surface area contributed by atoms with Gasteiger partial charge < -0.3 is 20.9 Å². The van der Waals surface area contributed by atoms with Crippen LogP contribution < -0.4 is 11.1 Å². The number of carbonyl (C=O) groups excluding carboxylic acids is 2. The first-order valence-electron chi connectivity index (χ1n) is 11.2. The second-order valence-corrected chi connectivity index (χ2v) is 9.18. The Morgan fingerprint density at radius 3 is 2.35 bits per heavy atom. The summed E-state index contributed by atoms with van der Waals surface area (Å²) in [6.07, 6.45) is 6.23. The predicted molar refractivity (Wildman–Crippen MR) is 129 cm³/mol. The van der Waals surface area contributed by atoms with E-state index in [4.69, 9.17) is 5.73 Å². The van der Waals surface area contributed by atoms with Gasteiger partial charge in [-0.05, 0) is 69.7 Å². The lowest BCUT2D eigenvalue weighted by Crippen LogP contribution is -2.48. The number of rotatable bonds is 3. The summed E-state index contributed by atoms with van der Waals surface area (Å²) in [5.74, 6) is 0.983. The van der Waals surface area contributed by atoms with Gasteiger partial charge in [0.25, 0.3) is 5.91 Å². The van der Waals surface area contributed by atoms with Crippen LogP contribution in [0, 0.1) is 17.8 Å². The minimum absolute atomic E-state index is 0. The van der Waals surface area contributed by atoms with Crippen LogP contribution in [0.15, 0.2) is 24.3 Å². The number of nitrogens with two attached hydrogens (primary N) is 1. The van der Waals surface area contributed by atoms with Gasteiger partial charge in [-0.1, -0.05) is 18.6 Å². The molecule has 2 unspecified atom stereocenters. The predicted octanol–water partition coefficient (Wildman–Crippen LogP) is 3.40. The molecule has 3 aliphatic rings. The summed E-state index contributed by atoms with van der Waals surface area (Å²) in [5, 5.41) is 3.09. The highest BCUT2D eigenvalue weighted by Crippen LogP contribution is 2.42. The van der Waals surface area contributed by atoms with Gasteiger partial charge in [-0.25, -0.2) is 0 Å². The van der Waals surface area contributed by atoms with E-state index >= 15 is 0 Å². The Hall–Kier alpha value is -1.34. The Morgan fingerprint density at radius 2 is 1.65 bits per heavy atom. The van der Waals surface area contributed by atoms with Gasteiger partial charge >= 0.3 is 0 Å². The van der Waals surface area contributed by atoms with E-state index in [1.807, 2.05) is 29.2 Å². The molecule has 4 rings (SSSR count). The van der Waals surface area contributed by atoms with Crippen molar-refractivity contribution in [3.05, 3.63) is 29.8 Å². The third-order valence-electron chi connectivity index (χ3n) is 7.21. The van der Waals surface area contributed by atoms with Crippen LogP contribution in [0.3, 0.4) is 0 Å². The number of para-hydroxylation sites is 1. The molecule has 1 aromatic carbocycles. The highest BCUT2D eigenvalue weighted by molar-refractivity contribution is 6.04. The summed E-state index contributed by atoms with van der Waals surface area (Å²) in [6.45, 7) is 3.37. The van der Waals surface area contributed by atoms with E-state index in [2.05, 4.69) is 17.3 Å². The molecule has 0 spiro atoms. The highest BCUT2D eigenvalue weighted by atomic mass is 35.5. The average molecular weight is 471 g/mol. The fraction of sp³-hybridized carbons (Fsp3) is 0.652. The van der Waals surface area contributed by atoms with Gasteiger partial charge in [0, 0.05) is 31.6 Å². The van der Waals surface area contributed by atoms with Crippen molar-refractivity contribution in [3.8, 4) is 0 Å². The van der Waals surface area contributed by atoms with Crippen molar-refractivity contribution in [1.29, 1.82) is 0 Å². The van der Waals surface area contributed by atoms with Crippen LogP contribution in [0.5, 0.6) is 0 Å². The fourth-order valence-electron chi connectivity index (χ4n) is 5.44. The van der Waals surface area contributed by atoms with Gasteiger partial charge in [-0.15, -0.1) is 24.8 Å². The number of nitrogens with zero attached hydrogens (tertiary/aromatic N) is 2. The van der Waals surface area contributed by atoms with Gasteiger partial charge in [-0.3, -0.25) is 9.59 Å². The zero-order valence-electron chi connectivity index (χ0n) is 18.3. The summed E-state index contributed by atoms with van der Waals surface area (Å²) in [7, 11) is 2.09. The van der Waals surface area contributed by atoms with Crippen molar-refractivity contribution < 1.29 is 9.59 Å². The molecule has 3 fully saturated rings. The first-order valence-corrected chi connectivity index (χ1v) is 11.2. The summed E-state index contributed by atoms with van der Waals surface area (Å²) in [6, 6.07) is 7.69. The van der Waals surface area contributed by atoms with Crippen LogP contribution in [-0.4, -0.2) is 60.9 Å². The molecule has 2 bridgehead atoms. The molecule has 2 aliphatic carbocycles. The summed E-state index contributed by atoms with van der Waals surface area (Å²) in [5.41, 5.74) is 7.62. The van der Waals surface area contributed by atoms with Crippen LogP contribution in [0.2, 0.25) is 0 Å². The van der Waals surface area contributed by atoms with Crippen molar-refractivity contribution in [2.75, 3.05) is 38.5 Å². The third kappa shape index (κ3) is 5.92. The second kappa shape index (κ2) is 11.5. The van der Waals surface area contributed by atoms with Crippen LogP contribution in [0.4, 0.5) is 5.69 Å². The number of hydrogen-bond acceptors (Lipinski definition) is 4. The Morgan fingerprint density at radius 1 is 0.968 bits per heavy atom. The van der Waals surface area contributed by atoms with Crippen molar-refractivity contribution in [1.82, 2.24) is 9.80 Å². The summed E-state index contributed by atoms with van der Waals surface area (Å²) in [4.78, 5) is 30.4. The van der Waals surface area contributed by atoms with Gasteiger partial charge in [0.2, 0.25) is 5.91 Å². The van der Waals surface area contributed by atoms with Crippen molar-refractivity contribution in [3.63, 3.8) is 0 Å². The fourth-order valence-corrected chi connectivity index (χ4v) is 5.44. The monoisotopic (exact) mass is 470 g/mol. The van der Waals surface area contributed by atoms with E-state index in [0.29, 0.717) is 23.1 Å². The Balaban J connectivity index is 0.00000171. The lowest BCUT2D eigenvalue weighted by Gasteiger charge is -2.43. The maximum atomic E-state index is 13.2. The minimum atomic E-state index is 0. The highest BCUT2D eigenvalue weighted by Gasteiger charge is 2.40. The number of anilines is 1. The second-order valence-electron chi connectivity index (χ2n) is 9.18. The van der Waals surface area contributed by atoms with Gasteiger partial charge in [0.1, 0.15) is 0 Å². The standard InChI is InChI=1S/C23H34N4O2.2ClH/c1-26-10-5-11-27(13-12-26)23(29)19-8-2-3-9-20(19)25-22(28)18-14-16-6-4-7-17(15-18)21(16)24;;/h2-3,8-9,16-18,21H,4-7,10-15,24H2,1H3,(H,25,28);2*1H. The summed E-state index contributed by atoms with van der Waals surface area (Å²) < 4.78 is 0. The molecule has 0 aromatic heterocycles. The number of halogens is 2. The number of amides is 2. The van der Waals surface area contributed by atoms with Crippen molar-refractivity contribution in [2.45, 2.75) is 44.6 Å². The maximum absolute atomic E-state index is 13.2. The number of fused-ring (bicyclic) bond motifs is 2. The van der Waals surface area contributed by atoms with Crippen molar-refractivity contribution >= 4 is 42.3 Å². The van der Waals surface area contributed by atoms with Gasteiger partial charge in [0.15, 0.2) is 0 Å². The smallest absolute Gasteiger partial charge is 0.256 e.